The van der Waals surface area contributed by atoms with E-state index in [4.69, 9.17) is 0 Å². The lowest BCUT2D eigenvalue weighted by Crippen LogP contribution is -2.42. The average molecular weight is 330 g/mol. The van der Waals surface area contributed by atoms with Gasteiger partial charge in [0.05, 0.1) is 6.10 Å². The fourth-order valence-electron chi connectivity index (χ4n) is 2.48. The molecule has 0 heterocycles. The summed E-state index contributed by atoms with van der Waals surface area (Å²) < 4.78 is 13.6. The number of carbonyl (C=O) groups is 1. The van der Waals surface area contributed by atoms with E-state index in [2.05, 4.69) is 10.6 Å². The predicted molar refractivity (Wildman–Crippen MR) is 92.1 cm³/mol. The van der Waals surface area contributed by atoms with E-state index in [9.17, 15) is 14.3 Å². The molecule has 0 spiro atoms. The minimum Gasteiger partial charge on any atom is -0.388 e. The van der Waals surface area contributed by atoms with Crippen LogP contribution < -0.4 is 10.6 Å². The molecule has 4 nitrogen and oxygen atoms in total. The summed E-state index contributed by atoms with van der Waals surface area (Å²) in [4.78, 5) is 11.8. The summed E-state index contributed by atoms with van der Waals surface area (Å²) in [6.07, 6.45) is 0.244. The lowest BCUT2D eigenvalue weighted by atomic mass is 10.1. The molecule has 2 amide bonds. The van der Waals surface area contributed by atoms with Crippen LogP contribution in [0.15, 0.2) is 54.6 Å². The van der Waals surface area contributed by atoms with Crippen LogP contribution in [0.3, 0.4) is 0 Å². The smallest absolute Gasteiger partial charge is 0.315 e. The first-order chi connectivity index (χ1) is 11.6. The summed E-state index contributed by atoms with van der Waals surface area (Å²) in [5.74, 6) is -0.266. The number of carbonyl (C=O) groups excluding carboxylic acids is 1. The zero-order chi connectivity index (χ0) is 17.4. The lowest BCUT2D eigenvalue weighted by Gasteiger charge is -2.16. The van der Waals surface area contributed by atoms with Gasteiger partial charge in [-0.15, -0.1) is 0 Å². The van der Waals surface area contributed by atoms with Crippen LogP contribution in [0.2, 0.25) is 0 Å². The largest absolute Gasteiger partial charge is 0.388 e. The second-order valence-corrected chi connectivity index (χ2v) is 5.81. The van der Waals surface area contributed by atoms with Crippen molar-refractivity contribution in [1.82, 2.24) is 10.6 Å². The van der Waals surface area contributed by atoms with Crippen molar-refractivity contribution in [2.75, 3.05) is 6.54 Å². The number of benzene rings is 2. The molecule has 2 aromatic rings. The van der Waals surface area contributed by atoms with Gasteiger partial charge in [-0.3, -0.25) is 0 Å². The van der Waals surface area contributed by atoms with Gasteiger partial charge in [-0.1, -0.05) is 48.5 Å². The molecule has 24 heavy (non-hydrogen) atoms. The van der Waals surface area contributed by atoms with Crippen molar-refractivity contribution in [3.05, 3.63) is 71.5 Å². The van der Waals surface area contributed by atoms with Crippen molar-refractivity contribution in [2.24, 2.45) is 0 Å². The highest BCUT2D eigenvalue weighted by atomic mass is 19.1. The van der Waals surface area contributed by atoms with E-state index >= 15 is 0 Å². The van der Waals surface area contributed by atoms with Crippen LogP contribution in [0.25, 0.3) is 0 Å². The third-order valence-corrected chi connectivity index (χ3v) is 3.75. The molecule has 0 radical (unpaired) electrons. The quantitative estimate of drug-likeness (QED) is 0.730. The standard InChI is InChI=1S/C19H23FN2O2/c1-14(13-16-9-5-6-10-17(16)20)22-19(24)21-12-11-18(23)15-7-3-2-4-8-15/h2-10,14,18,23H,11-13H2,1H3,(H2,21,22,24). The van der Waals surface area contributed by atoms with Gasteiger partial charge in [-0.25, -0.2) is 9.18 Å². The van der Waals surface area contributed by atoms with Crippen LogP contribution in [0.4, 0.5) is 9.18 Å². The highest BCUT2D eigenvalue weighted by molar-refractivity contribution is 5.74. The van der Waals surface area contributed by atoms with E-state index in [0.29, 0.717) is 24.9 Å². The first-order valence-corrected chi connectivity index (χ1v) is 8.07. The number of hydrogen-bond acceptors (Lipinski definition) is 2. The predicted octanol–water partition coefficient (Wildman–Crippen LogP) is 3.18. The van der Waals surface area contributed by atoms with Crippen molar-refractivity contribution in [1.29, 1.82) is 0 Å². The molecular formula is C19H23FN2O2. The molecule has 0 bridgehead atoms. The van der Waals surface area contributed by atoms with Crippen LogP contribution in [0.5, 0.6) is 0 Å². The molecular weight excluding hydrogens is 307 g/mol. The Labute approximate surface area is 141 Å². The van der Waals surface area contributed by atoms with Gasteiger partial charge in [0.2, 0.25) is 0 Å². The van der Waals surface area contributed by atoms with Gasteiger partial charge >= 0.3 is 6.03 Å². The van der Waals surface area contributed by atoms with Crippen LogP contribution in [0, 0.1) is 5.82 Å². The van der Waals surface area contributed by atoms with E-state index in [-0.39, 0.29) is 17.9 Å². The highest BCUT2D eigenvalue weighted by Gasteiger charge is 2.11. The van der Waals surface area contributed by atoms with Gasteiger partial charge in [0.1, 0.15) is 5.82 Å². The Balaban J connectivity index is 1.70. The maximum absolute atomic E-state index is 13.6. The van der Waals surface area contributed by atoms with E-state index in [1.165, 1.54) is 6.07 Å². The second-order valence-electron chi connectivity index (χ2n) is 5.81. The van der Waals surface area contributed by atoms with Crippen LogP contribution in [-0.2, 0) is 6.42 Å². The van der Waals surface area contributed by atoms with Gasteiger partial charge in [-0.2, -0.15) is 0 Å². The molecule has 2 atom stereocenters. The molecule has 128 valence electrons. The molecule has 2 unspecified atom stereocenters. The van der Waals surface area contributed by atoms with E-state index in [0.717, 1.165) is 5.56 Å². The van der Waals surface area contributed by atoms with Gasteiger partial charge in [0, 0.05) is 12.6 Å². The topological polar surface area (TPSA) is 61.4 Å². The summed E-state index contributed by atoms with van der Waals surface area (Å²) in [6, 6.07) is 15.3. The lowest BCUT2D eigenvalue weighted by molar-refractivity contribution is 0.166. The minimum atomic E-state index is -0.609. The van der Waals surface area contributed by atoms with Crippen molar-refractivity contribution in [3.8, 4) is 0 Å². The molecule has 0 saturated carbocycles. The Morgan fingerprint density at radius 1 is 1.12 bits per heavy atom. The summed E-state index contributed by atoms with van der Waals surface area (Å²) in [6.45, 7) is 2.18. The Morgan fingerprint density at radius 2 is 1.79 bits per heavy atom. The van der Waals surface area contributed by atoms with Crippen molar-refractivity contribution >= 4 is 6.03 Å². The van der Waals surface area contributed by atoms with Gasteiger partial charge in [-0.05, 0) is 37.0 Å². The Hall–Kier alpha value is -2.40. The number of amides is 2. The Kier molecular flexibility index (Phi) is 6.75. The third-order valence-electron chi connectivity index (χ3n) is 3.75. The number of halogens is 1. The first-order valence-electron chi connectivity index (χ1n) is 8.07. The number of nitrogens with one attached hydrogen (secondary N) is 2. The zero-order valence-electron chi connectivity index (χ0n) is 13.7. The molecule has 2 aromatic carbocycles. The molecule has 0 saturated heterocycles. The molecule has 0 fully saturated rings. The van der Waals surface area contributed by atoms with Crippen LogP contribution >= 0.6 is 0 Å². The van der Waals surface area contributed by atoms with Gasteiger partial charge in [0.15, 0.2) is 0 Å². The second kappa shape index (κ2) is 9.03. The average Bonchev–Trinajstić information content (AvgIpc) is 2.57. The Morgan fingerprint density at radius 3 is 2.50 bits per heavy atom. The molecule has 0 aliphatic carbocycles. The number of aliphatic hydroxyl groups is 1. The number of urea groups is 1. The summed E-state index contributed by atoms with van der Waals surface area (Å²) in [5.41, 5.74) is 1.40. The molecule has 2 rings (SSSR count). The molecule has 0 aliphatic rings. The zero-order valence-corrected chi connectivity index (χ0v) is 13.7. The molecule has 5 heteroatoms. The fourth-order valence-corrected chi connectivity index (χ4v) is 2.48. The first kappa shape index (κ1) is 17.9. The van der Waals surface area contributed by atoms with Crippen molar-refractivity contribution in [2.45, 2.75) is 31.9 Å². The SMILES string of the molecule is CC(Cc1ccccc1F)NC(=O)NCCC(O)c1ccccc1. The van der Waals surface area contributed by atoms with Crippen molar-refractivity contribution < 1.29 is 14.3 Å². The number of aliphatic hydroxyl groups excluding tert-OH is 1. The van der Waals surface area contributed by atoms with Crippen LogP contribution in [-0.4, -0.2) is 23.7 Å². The number of rotatable bonds is 7. The summed E-state index contributed by atoms with van der Waals surface area (Å²) in [7, 11) is 0. The van der Waals surface area contributed by atoms with Gasteiger partial charge in [0.25, 0.3) is 0 Å². The van der Waals surface area contributed by atoms with E-state index in [1.54, 1.807) is 18.2 Å². The summed E-state index contributed by atoms with van der Waals surface area (Å²) >= 11 is 0. The fraction of sp³-hybridized carbons (Fsp3) is 0.316. The van der Waals surface area contributed by atoms with E-state index in [1.807, 2.05) is 37.3 Å². The van der Waals surface area contributed by atoms with Crippen molar-refractivity contribution in [3.63, 3.8) is 0 Å². The molecule has 0 aromatic heterocycles. The molecule has 0 aliphatic heterocycles. The number of hydrogen-bond donors (Lipinski definition) is 3. The maximum Gasteiger partial charge on any atom is 0.315 e. The monoisotopic (exact) mass is 330 g/mol. The molecule has 3 N–H and O–H groups in total. The highest BCUT2D eigenvalue weighted by Crippen LogP contribution is 2.14. The van der Waals surface area contributed by atoms with Crippen LogP contribution in [0.1, 0.15) is 30.6 Å². The maximum atomic E-state index is 13.6. The summed E-state index contributed by atoms with van der Waals surface area (Å²) in [5, 5.41) is 15.5. The van der Waals surface area contributed by atoms with Gasteiger partial charge < -0.3 is 15.7 Å². The minimum absolute atomic E-state index is 0.194. The normalized spacial score (nSPS) is 13.1. The Bertz CT molecular complexity index is 649. The van der Waals surface area contributed by atoms with E-state index < -0.39 is 6.10 Å². The third kappa shape index (κ3) is 5.66.